The number of rotatable bonds is 6. The minimum Gasteiger partial charge on any atom is -0.508 e. The number of aliphatic carboxylic acids is 2. The van der Waals surface area contributed by atoms with Crippen LogP contribution >= 0.6 is 15.9 Å². The molecule has 0 unspecified atom stereocenters. The minimum absolute atomic E-state index is 0.358. The fourth-order valence-electron chi connectivity index (χ4n) is 3.35. The summed E-state index contributed by atoms with van der Waals surface area (Å²) in [6.07, 6.45) is 0. The highest BCUT2D eigenvalue weighted by Gasteiger charge is 2.20. The third kappa shape index (κ3) is 7.40. The zero-order valence-electron chi connectivity index (χ0n) is 18.0. The smallest absolute Gasteiger partial charge is 0.414 e. The van der Waals surface area contributed by atoms with Crippen molar-refractivity contribution in [2.75, 3.05) is 40.4 Å². The number of carboxylic acid groups (broad SMARTS) is 2. The van der Waals surface area contributed by atoms with E-state index in [1.807, 2.05) is 24.3 Å². The number of hydrogen-bond acceptors (Lipinski definition) is 7. The maximum absolute atomic E-state index is 10.0. The zero-order chi connectivity index (χ0) is 23.7. The van der Waals surface area contributed by atoms with Crippen molar-refractivity contribution in [1.82, 2.24) is 9.80 Å². The molecule has 1 fully saturated rings. The average molecular weight is 511 g/mol. The number of carbonyl (C=O) groups is 2. The lowest BCUT2D eigenvalue weighted by atomic mass is 10.1. The van der Waals surface area contributed by atoms with Crippen LogP contribution in [0.2, 0.25) is 0 Å². The molecule has 3 N–H and O–H groups in total. The Bertz CT molecular complexity index is 918. The highest BCUT2D eigenvalue weighted by Crippen LogP contribution is 2.31. The van der Waals surface area contributed by atoms with Gasteiger partial charge in [0.25, 0.3) is 0 Å². The summed E-state index contributed by atoms with van der Waals surface area (Å²) in [5.41, 5.74) is 2.10. The molecule has 0 bridgehead atoms. The van der Waals surface area contributed by atoms with Crippen LogP contribution in [0.1, 0.15) is 11.1 Å². The molecule has 9 nitrogen and oxygen atoms in total. The summed E-state index contributed by atoms with van der Waals surface area (Å²) in [5.74, 6) is -1.70. The summed E-state index contributed by atoms with van der Waals surface area (Å²) >= 11 is 3.47. The molecule has 0 saturated carbocycles. The monoisotopic (exact) mass is 510 g/mol. The lowest BCUT2D eigenvalue weighted by Crippen LogP contribution is -2.45. The standard InChI is InChI=1S/C20H25BrN2O3.C2H2O4/c1-25-19-5-3-4-15(20(19)26-2)13-22-8-10-23(11-9-22)14-16-12-17(21)6-7-18(16)24;3-1(4)2(5)6/h3-7,12,24H,8-11,13-14H2,1-2H3;(H,3,4)(H,5,6). The summed E-state index contributed by atoms with van der Waals surface area (Å²) in [5, 5.41) is 24.8. The number of methoxy groups -OCH3 is 2. The number of aromatic hydroxyl groups is 1. The first kappa shape index (κ1) is 25.4. The number of ether oxygens (including phenoxy) is 2. The van der Waals surface area contributed by atoms with E-state index in [0.29, 0.717) is 5.75 Å². The van der Waals surface area contributed by atoms with Gasteiger partial charge in [0.05, 0.1) is 14.2 Å². The van der Waals surface area contributed by atoms with E-state index >= 15 is 0 Å². The lowest BCUT2D eigenvalue weighted by molar-refractivity contribution is -0.159. The SMILES string of the molecule is COc1cccc(CN2CCN(Cc3cc(Br)ccc3O)CC2)c1OC.O=C(O)C(=O)O. The number of phenols is 1. The van der Waals surface area contributed by atoms with Crippen molar-refractivity contribution >= 4 is 27.9 Å². The van der Waals surface area contributed by atoms with Crippen LogP contribution in [0.15, 0.2) is 40.9 Å². The van der Waals surface area contributed by atoms with E-state index in [2.05, 4.69) is 31.8 Å². The number of piperazine rings is 1. The largest absolute Gasteiger partial charge is 0.508 e. The second-order valence-corrected chi connectivity index (χ2v) is 8.00. The van der Waals surface area contributed by atoms with Gasteiger partial charge in [-0.2, -0.15) is 0 Å². The maximum Gasteiger partial charge on any atom is 0.414 e. The van der Waals surface area contributed by atoms with Crippen LogP contribution in [0.25, 0.3) is 0 Å². The van der Waals surface area contributed by atoms with Crippen molar-refractivity contribution < 1.29 is 34.4 Å². The van der Waals surface area contributed by atoms with Gasteiger partial charge in [0.2, 0.25) is 0 Å². The Morgan fingerprint density at radius 3 is 1.97 bits per heavy atom. The summed E-state index contributed by atoms with van der Waals surface area (Å²) in [7, 11) is 3.35. The molecular formula is C22H27BrN2O7. The molecule has 10 heteroatoms. The van der Waals surface area contributed by atoms with Gasteiger partial charge < -0.3 is 24.8 Å². The molecule has 0 aromatic heterocycles. The fourth-order valence-corrected chi connectivity index (χ4v) is 3.75. The number of benzene rings is 2. The van der Waals surface area contributed by atoms with E-state index in [1.54, 1.807) is 20.3 Å². The first-order chi connectivity index (χ1) is 15.2. The van der Waals surface area contributed by atoms with Crippen LogP contribution < -0.4 is 9.47 Å². The molecule has 0 amide bonds. The third-order valence-corrected chi connectivity index (χ3v) is 5.46. The number of hydrogen-bond donors (Lipinski definition) is 3. The van der Waals surface area contributed by atoms with Crippen molar-refractivity contribution in [3.63, 3.8) is 0 Å². The van der Waals surface area contributed by atoms with Crippen LogP contribution in [0.3, 0.4) is 0 Å². The molecule has 0 radical (unpaired) electrons. The molecule has 0 spiro atoms. The highest BCUT2D eigenvalue weighted by atomic mass is 79.9. The second-order valence-electron chi connectivity index (χ2n) is 7.09. The first-order valence-electron chi connectivity index (χ1n) is 9.83. The van der Waals surface area contributed by atoms with Gasteiger partial charge >= 0.3 is 11.9 Å². The molecule has 0 atom stereocenters. The first-order valence-corrected chi connectivity index (χ1v) is 10.6. The number of carboxylic acids is 2. The quantitative estimate of drug-likeness (QED) is 0.503. The van der Waals surface area contributed by atoms with Gasteiger partial charge in [0.15, 0.2) is 11.5 Å². The summed E-state index contributed by atoms with van der Waals surface area (Å²) in [6, 6.07) is 11.6. The maximum atomic E-state index is 10.0. The summed E-state index contributed by atoms with van der Waals surface area (Å²) in [6.45, 7) is 5.51. The minimum atomic E-state index is -1.82. The molecule has 1 heterocycles. The Morgan fingerprint density at radius 1 is 0.906 bits per heavy atom. The zero-order valence-corrected chi connectivity index (χ0v) is 19.5. The predicted molar refractivity (Wildman–Crippen MR) is 121 cm³/mol. The van der Waals surface area contributed by atoms with Crippen LogP contribution in [0, 0.1) is 0 Å². The molecule has 1 saturated heterocycles. The van der Waals surface area contributed by atoms with E-state index in [9.17, 15) is 5.11 Å². The summed E-state index contributed by atoms with van der Waals surface area (Å²) in [4.78, 5) is 23.0. The van der Waals surface area contributed by atoms with Crippen molar-refractivity contribution in [2.45, 2.75) is 13.1 Å². The van der Waals surface area contributed by atoms with Gasteiger partial charge in [-0.25, -0.2) is 9.59 Å². The number of nitrogens with zero attached hydrogens (tertiary/aromatic N) is 2. The molecule has 174 valence electrons. The van der Waals surface area contributed by atoms with Crippen molar-refractivity contribution in [3.05, 3.63) is 52.0 Å². The van der Waals surface area contributed by atoms with E-state index < -0.39 is 11.9 Å². The van der Waals surface area contributed by atoms with E-state index in [-0.39, 0.29) is 0 Å². The topological polar surface area (TPSA) is 120 Å². The Morgan fingerprint density at radius 2 is 1.47 bits per heavy atom. The molecular weight excluding hydrogens is 484 g/mol. The van der Waals surface area contributed by atoms with E-state index in [4.69, 9.17) is 29.3 Å². The Kier molecular flexibility index (Phi) is 9.76. The number of para-hydroxylation sites is 1. The molecule has 0 aliphatic carbocycles. The predicted octanol–water partition coefficient (Wildman–Crippen LogP) is 2.65. The van der Waals surface area contributed by atoms with Gasteiger partial charge in [-0.05, 0) is 24.3 Å². The second kappa shape index (κ2) is 12.3. The Hall–Kier alpha value is -2.82. The van der Waals surface area contributed by atoms with Gasteiger partial charge in [-0.3, -0.25) is 9.80 Å². The highest BCUT2D eigenvalue weighted by molar-refractivity contribution is 9.10. The molecule has 1 aliphatic rings. The fraction of sp³-hybridized carbons (Fsp3) is 0.364. The molecule has 2 aromatic carbocycles. The van der Waals surface area contributed by atoms with Gasteiger partial charge in [0.1, 0.15) is 5.75 Å². The van der Waals surface area contributed by atoms with Crippen molar-refractivity contribution in [2.24, 2.45) is 0 Å². The van der Waals surface area contributed by atoms with Gasteiger partial charge in [0, 0.05) is 54.9 Å². The number of phenolic OH excluding ortho intramolecular Hbond substituents is 1. The Labute approximate surface area is 194 Å². The van der Waals surface area contributed by atoms with Crippen LogP contribution in [-0.4, -0.2) is 77.5 Å². The normalized spacial score (nSPS) is 14.2. The van der Waals surface area contributed by atoms with E-state index in [0.717, 1.165) is 66.4 Å². The number of halogens is 1. The lowest BCUT2D eigenvalue weighted by Gasteiger charge is -2.35. The van der Waals surface area contributed by atoms with Crippen molar-refractivity contribution in [3.8, 4) is 17.2 Å². The van der Waals surface area contributed by atoms with Gasteiger partial charge in [-0.15, -0.1) is 0 Å². The molecule has 3 rings (SSSR count). The van der Waals surface area contributed by atoms with Crippen LogP contribution in [0.5, 0.6) is 17.2 Å². The molecule has 2 aromatic rings. The van der Waals surface area contributed by atoms with Crippen LogP contribution in [0.4, 0.5) is 0 Å². The van der Waals surface area contributed by atoms with Gasteiger partial charge in [-0.1, -0.05) is 28.1 Å². The summed E-state index contributed by atoms with van der Waals surface area (Å²) < 4.78 is 11.9. The Balaban J connectivity index is 0.000000534. The van der Waals surface area contributed by atoms with E-state index in [1.165, 1.54) is 0 Å². The average Bonchev–Trinajstić information content (AvgIpc) is 2.77. The molecule has 32 heavy (non-hydrogen) atoms. The van der Waals surface area contributed by atoms with Crippen molar-refractivity contribution in [1.29, 1.82) is 0 Å². The molecule has 1 aliphatic heterocycles. The van der Waals surface area contributed by atoms with Crippen LogP contribution in [-0.2, 0) is 22.7 Å². The third-order valence-electron chi connectivity index (χ3n) is 4.96.